The first kappa shape index (κ1) is 11.1. The minimum absolute atomic E-state index is 0. The van der Waals surface area contributed by atoms with Crippen LogP contribution < -0.4 is 18.9 Å². The van der Waals surface area contributed by atoms with E-state index in [2.05, 4.69) is 11.1 Å². The zero-order valence-corrected chi connectivity index (χ0v) is 5.34. The van der Waals surface area contributed by atoms with Crippen molar-refractivity contribution in [2.75, 3.05) is 0 Å². The molecule has 0 aromatic heterocycles. The Hall–Kier alpha value is 0.287. The summed E-state index contributed by atoms with van der Waals surface area (Å²) >= 11 is 0. The predicted molar refractivity (Wildman–Crippen MR) is 24.4 cm³/mol. The molecule has 0 aromatic rings. The molecule has 0 spiro atoms. The topological polar surface area (TPSA) is 66.8 Å². The van der Waals surface area contributed by atoms with Crippen LogP contribution >= 0.6 is 7.82 Å². The normalized spacial score (nSPS) is 9.25. The maximum atomic E-state index is 9.63. The number of hydrogen-bond acceptors (Lipinski definition) is 2. The molecule has 0 bridgehead atoms. The molecule has 0 fully saturated rings. The van der Waals surface area contributed by atoms with Crippen molar-refractivity contribution in [3.63, 3.8) is 0 Å². The van der Waals surface area contributed by atoms with E-state index in [1.54, 1.807) is 0 Å². The Labute approximate surface area is 60.4 Å². The monoisotopic (exact) mass is 132 g/mol. The van der Waals surface area contributed by atoms with Gasteiger partial charge in [0.05, 0.1) is 6.26 Å². The van der Waals surface area contributed by atoms with Crippen molar-refractivity contribution in [2.45, 2.75) is 0 Å². The van der Waals surface area contributed by atoms with Crippen LogP contribution in [-0.4, -0.2) is 9.79 Å². The predicted octanol–water partition coefficient (Wildman–Crippen LogP) is -2.64. The molecule has 0 radical (unpaired) electrons. The molecule has 44 valence electrons. The SMILES string of the molecule is C=COP(=O)(O)O.[H-].[Li+]. The molecule has 0 saturated heterocycles. The fourth-order valence-corrected chi connectivity index (χ4v) is 0.291. The smallest absolute Gasteiger partial charge is 1.00 e. The van der Waals surface area contributed by atoms with Gasteiger partial charge in [-0.2, -0.15) is 0 Å². The van der Waals surface area contributed by atoms with Gasteiger partial charge in [0.25, 0.3) is 0 Å². The van der Waals surface area contributed by atoms with E-state index in [1.807, 2.05) is 0 Å². The van der Waals surface area contributed by atoms with Gasteiger partial charge in [-0.15, -0.1) is 0 Å². The maximum absolute atomic E-state index is 9.63. The van der Waals surface area contributed by atoms with E-state index in [1.165, 1.54) is 0 Å². The quantitative estimate of drug-likeness (QED) is 0.245. The Morgan fingerprint density at radius 1 is 1.75 bits per heavy atom. The molecule has 8 heavy (non-hydrogen) atoms. The van der Waals surface area contributed by atoms with Crippen molar-refractivity contribution in [1.82, 2.24) is 0 Å². The Bertz CT molecular complexity index is 111. The van der Waals surface area contributed by atoms with Crippen molar-refractivity contribution in [3.8, 4) is 0 Å². The third kappa shape index (κ3) is 9.56. The summed E-state index contributed by atoms with van der Waals surface area (Å²) < 4.78 is 13.3. The molecule has 0 rings (SSSR count). The van der Waals surface area contributed by atoms with E-state index in [9.17, 15) is 4.57 Å². The Balaban J connectivity index is -0.000000180. The molecule has 0 aliphatic carbocycles. The largest absolute Gasteiger partial charge is 1.00 e. The van der Waals surface area contributed by atoms with E-state index in [4.69, 9.17) is 9.79 Å². The van der Waals surface area contributed by atoms with E-state index < -0.39 is 7.82 Å². The standard InChI is InChI=1S/C2H5O4P.Li.H/c1-2-6-7(3,4)5;;/h2H,1H2,(H2,3,4,5);;/q;+1;-1. The molecule has 0 aromatic carbocycles. The van der Waals surface area contributed by atoms with Gasteiger partial charge >= 0.3 is 26.7 Å². The molecule has 6 heteroatoms. The first-order chi connectivity index (χ1) is 3.06. The van der Waals surface area contributed by atoms with Gasteiger partial charge in [-0.3, -0.25) is 9.79 Å². The van der Waals surface area contributed by atoms with Gasteiger partial charge < -0.3 is 5.95 Å². The van der Waals surface area contributed by atoms with Crippen LogP contribution in [0.5, 0.6) is 0 Å². The van der Waals surface area contributed by atoms with Crippen molar-refractivity contribution in [2.24, 2.45) is 0 Å². The second-order valence-electron chi connectivity index (χ2n) is 0.763. The minimum atomic E-state index is -4.28. The number of hydrogen-bond donors (Lipinski definition) is 2. The summed E-state index contributed by atoms with van der Waals surface area (Å²) in [7, 11) is -4.28. The molecule has 0 aliphatic rings. The first-order valence-electron chi connectivity index (χ1n) is 1.41. The van der Waals surface area contributed by atoms with Crippen molar-refractivity contribution >= 4 is 7.82 Å². The molecular weight excluding hydrogens is 126 g/mol. The molecule has 0 saturated carbocycles. The van der Waals surface area contributed by atoms with E-state index in [0.29, 0.717) is 6.26 Å². The third-order valence-corrected chi connectivity index (χ3v) is 0.636. The second-order valence-corrected chi connectivity index (χ2v) is 1.95. The summed E-state index contributed by atoms with van der Waals surface area (Å²) in [6.45, 7) is 2.93. The Morgan fingerprint density at radius 2 is 2.12 bits per heavy atom. The molecule has 0 heterocycles. The third-order valence-electron chi connectivity index (χ3n) is 0.212. The number of phosphoric acid groups is 1. The summed E-state index contributed by atoms with van der Waals surface area (Å²) in [5.41, 5.74) is 0. The number of phosphoric ester groups is 1. The molecule has 0 amide bonds. The summed E-state index contributed by atoms with van der Waals surface area (Å²) in [4.78, 5) is 15.7. The van der Waals surface area contributed by atoms with Gasteiger partial charge in [0, 0.05) is 0 Å². The van der Waals surface area contributed by atoms with Gasteiger partial charge in [0.15, 0.2) is 0 Å². The minimum Gasteiger partial charge on any atom is -1.00 e. The van der Waals surface area contributed by atoms with Crippen LogP contribution in [0.4, 0.5) is 0 Å². The molecular formula is C2H6LiO4P. The molecule has 2 N–H and O–H groups in total. The fourth-order valence-electron chi connectivity index (χ4n) is 0.0971. The molecule has 0 atom stereocenters. The zero-order chi connectivity index (χ0) is 5.91. The van der Waals surface area contributed by atoms with Gasteiger partial charge in [0.2, 0.25) is 0 Å². The van der Waals surface area contributed by atoms with Gasteiger partial charge in [-0.25, -0.2) is 4.57 Å². The van der Waals surface area contributed by atoms with Crippen LogP contribution in [0.1, 0.15) is 1.43 Å². The van der Waals surface area contributed by atoms with Crippen LogP contribution in [0.3, 0.4) is 0 Å². The van der Waals surface area contributed by atoms with Crippen molar-refractivity contribution in [3.05, 3.63) is 12.8 Å². The van der Waals surface area contributed by atoms with Crippen LogP contribution in [0.2, 0.25) is 0 Å². The number of rotatable bonds is 2. The zero-order valence-electron chi connectivity index (χ0n) is 5.44. The van der Waals surface area contributed by atoms with Crippen LogP contribution in [0.25, 0.3) is 0 Å². The molecule has 4 nitrogen and oxygen atoms in total. The van der Waals surface area contributed by atoms with Gasteiger partial charge in [0.1, 0.15) is 0 Å². The summed E-state index contributed by atoms with van der Waals surface area (Å²) in [6.07, 6.45) is 0.695. The fraction of sp³-hybridized carbons (Fsp3) is 0. The van der Waals surface area contributed by atoms with Crippen molar-refractivity contribution in [1.29, 1.82) is 0 Å². The van der Waals surface area contributed by atoms with Gasteiger partial charge in [-0.05, 0) is 0 Å². The summed E-state index contributed by atoms with van der Waals surface area (Å²) in [5, 5.41) is 0. The molecule has 0 aliphatic heterocycles. The van der Waals surface area contributed by atoms with E-state index in [-0.39, 0.29) is 20.3 Å². The van der Waals surface area contributed by atoms with Crippen LogP contribution in [0, 0.1) is 0 Å². The van der Waals surface area contributed by atoms with E-state index >= 15 is 0 Å². The maximum Gasteiger partial charge on any atom is 1.00 e. The average molecular weight is 132 g/mol. The Kier molecular flexibility index (Phi) is 5.84. The second kappa shape index (κ2) is 4.19. The summed E-state index contributed by atoms with van der Waals surface area (Å²) in [5.74, 6) is 0. The Morgan fingerprint density at radius 3 is 2.12 bits per heavy atom. The van der Waals surface area contributed by atoms with Gasteiger partial charge in [-0.1, -0.05) is 6.58 Å². The molecule has 0 unspecified atom stereocenters. The van der Waals surface area contributed by atoms with E-state index in [0.717, 1.165) is 0 Å². The summed E-state index contributed by atoms with van der Waals surface area (Å²) in [6, 6.07) is 0. The van der Waals surface area contributed by atoms with Crippen molar-refractivity contribution < 1.29 is 39.2 Å². The average Bonchev–Trinajstić information content (AvgIpc) is 1.30. The van der Waals surface area contributed by atoms with Crippen LogP contribution in [0.15, 0.2) is 12.8 Å². The van der Waals surface area contributed by atoms with Crippen LogP contribution in [-0.2, 0) is 9.09 Å². The first-order valence-corrected chi connectivity index (χ1v) is 2.94.